The molecule has 1 unspecified atom stereocenters. The van der Waals surface area contributed by atoms with Gasteiger partial charge in [0.25, 0.3) is 0 Å². The molecule has 2 fully saturated rings. The van der Waals surface area contributed by atoms with Crippen molar-refractivity contribution in [2.75, 3.05) is 26.3 Å². The fourth-order valence-corrected chi connectivity index (χ4v) is 2.93. The van der Waals surface area contributed by atoms with E-state index in [1.807, 2.05) is 0 Å². The van der Waals surface area contributed by atoms with Crippen LogP contribution in [0.15, 0.2) is 0 Å². The molecule has 1 aliphatic heterocycles. The number of hydrogen-bond donors (Lipinski definition) is 1. The fraction of sp³-hybridized carbons (Fsp3) is 1.00. The maximum Gasteiger partial charge on any atom is 0.0662 e. The van der Waals surface area contributed by atoms with E-state index in [4.69, 9.17) is 10.5 Å². The predicted octanol–water partition coefficient (Wildman–Crippen LogP) is 2.00. The molecule has 1 heterocycles. The summed E-state index contributed by atoms with van der Waals surface area (Å²) in [7, 11) is 0. The van der Waals surface area contributed by atoms with Crippen molar-refractivity contribution in [2.24, 2.45) is 11.7 Å². The Kier molecular flexibility index (Phi) is 4.45. The molecule has 1 atom stereocenters. The van der Waals surface area contributed by atoms with Crippen molar-refractivity contribution >= 4 is 0 Å². The lowest BCUT2D eigenvalue weighted by molar-refractivity contribution is -0.0504. The smallest absolute Gasteiger partial charge is 0.0662 e. The molecule has 1 saturated carbocycles. The fourth-order valence-electron chi connectivity index (χ4n) is 2.93. The number of rotatable bonds is 6. The van der Waals surface area contributed by atoms with Crippen molar-refractivity contribution in [1.29, 1.82) is 0 Å². The first-order valence-corrected chi connectivity index (χ1v) is 7.22. The van der Waals surface area contributed by atoms with E-state index in [0.29, 0.717) is 0 Å². The third kappa shape index (κ3) is 3.21. The second kappa shape index (κ2) is 5.68. The molecule has 3 heteroatoms. The van der Waals surface area contributed by atoms with Gasteiger partial charge in [-0.3, -0.25) is 4.90 Å². The molecule has 2 N–H and O–H groups in total. The average molecular weight is 240 g/mol. The second-order valence-electron chi connectivity index (χ2n) is 6.19. The molecule has 0 aromatic carbocycles. The van der Waals surface area contributed by atoms with Crippen LogP contribution in [0, 0.1) is 5.92 Å². The molecule has 0 radical (unpaired) electrons. The maximum absolute atomic E-state index is 6.09. The van der Waals surface area contributed by atoms with Crippen LogP contribution in [0.3, 0.4) is 0 Å². The molecule has 0 bridgehead atoms. The minimum Gasteiger partial charge on any atom is -0.379 e. The number of nitrogens with zero attached hydrogens (tertiary/aromatic N) is 1. The quantitative estimate of drug-likeness (QED) is 0.772. The maximum atomic E-state index is 6.09. The molecule has 2 aliphatic rings. The number of hydrogen-bond acceptors (Lipinski definition) is 3. The highest BCUT2D eigenvalue weighted by Gasteiger charge is 2.44. The Hall–Kier alpha value is -0.120. The zero-order valence-electron chi connectivity index (χ0n) is 11.5. The number of ether oxygens (including phenoxy) is 1. The summed E-state index contributed by atoms with van der Waals surface area (Å²) in [6.07, 6.45) is 6.39. The molecular formula is C14H28N2O. The van der Waals surface area contributed by atoms with Crippen LogP contribution in [0.1, 0.15) is 46.0 Å². The second-order valence-corrected chi connectivity index (χ2v) is 6.19. The molecule has 17 heavy (non-hydrogen) atoms. The lowest BCUT2D eigenvalue weighted by Crippen LogP contribution is -2.59. The Labute approximate surface area is 106 Å². The minimum absolute atomic E-state index is 0.147. The summed E-state index contributed by atoms with van der Waals surface area (Å²) in [5.41, 5.74) is 6.24. The van der Waals surface area contributed by atoms with Gasteiger partial charge in [-0.2, -0.15) is 0 Å². The highest BCUT2D eigenvalue weighted by Crippen LogP contribution is 2.37. The van der Waals surface area contributed by atoms with Crippen LogP contribution >= 0.6 is 0 Å². The Morgan fingerprint density at radius 2 is 2.18 bits per heavy atom. The van der Waals surface area contributed by atoms with E-state index in [9.17, 15) is 0 Å². The molecule has 2 rings (SSSR count). The normalized spacial score (nSPS) is 30.2. The van der Waals surface area contributed by atoms with Crippen LogP contribution in [0.4, 0.5) is 0 Å². The average Bonchev–Trinajstić information content (AvgIpc) is 3.14. The van der Waals surface area contributed by atoms with Crippen molar-refractivity contribution in [3.63, 3.8) is 0 Å². The highest BCUT2D eigenvalue weighted by atomic mass is 16.5. The Bertz CT molecular complexity index is 232. The lowest BCUT2D eigenvalue weighted by atomic mass is 9.89. The van der Waals surface area contributed by atoms with Gasteiger partial charge >= 0.3 is 0 Å². The van der Waals surface area contributed by atoms with Crippen molar-refractivity contribution in [3.8, 4) is 0 Å². The van der Waals surface area contributed by atoms with E-state index in [-0.39, 0.29) is 5.54 Å². The van der Waals surface area contributed by atoms with E-state index >= 15 is 0 Å². The van der Waals surface area contributed by atoms with Crippen molar-refractivity contribution in [3.05, 3.63) is 0 Å². The van der Waals surface area contributed by atoms with Gasteiger partial charge in [-0.15, -0.1) is 0 Å². The minimum atomic E-state index is 0.147. The zero-order valence-corrected chi connectivity index (χ0v) is 11.5. The number of nitrogens with two attached hydrogens (primary N) is 1. The lowest BCUT2D eigenvalue weighted by Gasteiger charge is -2.46. The summed E-state index contributed by atoms with van der Waals surface area (Å²) in [5, 5.41) is 0. The topological polar surface area (TPSA) is 38.5 Å². The van der Waals surface area contributed by atoms with Crippen LogP contribution < -0.4 is 5.73 Å². The van der Waals surface area contributed by atoms with E-state index in [2.05, 4.69) is 18.7 Å². The monoisotopic (exact) mass is 240 g/mol. The van der Waals surface area contributed by atoms with Gasteiger partial charge in [-0.05, 0) is 44.6 Å². The molecule has 0 aromatic heterocycles. The van der Waals surface area contributed by atoms with Gasteiger partial charge in [0.2, 0.25) is 0 Å². The van der Waals surface area contributed by atoms with Crippen LogP contribution in [-0.4, -0.2) is 42.8 Å². The van der Waals surface area contributed by atoms with Crippen LogP contribution in [0.5, 0.6) is 0 Å². The predicted molar refractivity (Wildman–Crippen MR) is 71.0 cm³/mol. The van der Waals surface area contributed by atoms with Crippen LogP contribution in [0.2, 0.25) is 0 Å². The molecule has 0 aromatic rings. The van der Waals surface area contributed by atoms with Crippen LogP contribution in [-0.2, 0) is 4.74 Å². The van der Waals surface area contributed by atoms with Crippen molar-refractivity contribution in [2.45, 2.75) is 57.5 Å². The van der Waals surface area contributed by atoms with E-state index in [1.165, 1.54) is 38.6 Å². The van der Waals surface area contributed by atoms with Gasteiger partial charge in [0.15, 0.2) is 0 Å². The summed E-state index contributed by atoms with van der Waals surface area (Å²) >= 11 is 0. The molecule has 1 saturated heterocycles. The third-order valence-corrected chi connectivity index (χ3v) is 4.23. The highest BCUT2D eigenvalue weighted by molar-refractivity contribution is 5.00. The van der Waals surface area contributed by atoms with Gasteiger partial charge < -0.3 is 10.5 Å². The van der Waals surface area contributed by atoms with E-state index in [1.54, 1.807) is 0 Å². The summed E-state index contributed by atoms with van der Waals surface area (Å²) in [6, 6.07) is 0.791. The largest absolute Gasteiger partial charge is 0.379 e. The molecule has 0 amide bonds. The summed E-state index contributed by atoms with van der Waals surface area (Å²) in [6.45, 7) is 8.32. The standard InChI is InChI=1S/C14H28N2O/c1-12(2)6-8-16(13-4-5-13)14(10-15)7-3-9-17-11-14/h12-13H,3-11,15H2,1-2H3. The van der Waals surface area contributed by atoms with Crippen molar-refractivity contribution in [1.82, 2.24) is 4.90 Å². The summed E-state index contributed by atoms with van der Waals surface area (Å²) < 4.78 is 5.72. The Morgan fingerprint density at radius 1 is 1.41 bits per heavy atom. The molecule has 0 spiro atoms. The summed E-state index contributed by atoms with van der Waals surface area (Å²) in [5.74, 6) is 0.774. The van der Waals surface area contributed by atoms with Gasteiger partial charge in [-0.25, -0.2) is 0 Å². The molecule has 1 aliphatic carbocycles. The van der Waals surface area contributed by atoms with Gasteiger partial charge in [-0.1, -0.05) is 13.8 Å². The Balaban J connectivity index is 2.01. The third-order valence-electron chi connectivity index (χ3n) is 4.23. The first kappa shape index (κ1) is 13.3. The van der Waals surface area contributed by atoms with Gasteiger partial charge in [0, 0.05) is 19.2 Å². The first-order chi connectivity index (χ1) is 8.18. The summed E-state index contributed by atoms with van der Waals surface area (Å²) in [4.78, 5) is 2.69. The Morgan fingerprint density at radius 3 is 2.65 bits per heavy atom. The van der Waals surface area contributed by atoms with E-state index in [0.717, 1.165) is 31.7 Å². The first-order valence-electron chi connectivity index (χ1n) is 7.22. The van der Waals surface area contributed by atoms with Crippen molar-refractivity contribution < 1.29 is 4.74 Å². The van der Waals surface area contributed by atoms with Gasteiger partial charge in [0.1, 0.15) is 0 Å². The van der Waals surface area contributed by atoms with Gasteiger partial charge in [0.05, 0.1) is 12.1 Å². The van der Waals surface area contributed by atoms with Crippen LogP contribution in [0.25, 0.3) is 0 Å². The zero-order chi connectivity index (χ0) is 12.3. The SMILES string of the molecule is CC(C)CCN(C1CC1)C1(CN)CCCOC1. The molecular weight excluding hydrogens is 212 g/mol. The molecule has 100 valence electrons. The molecule has 3 nitrogen and oxygen atoms in total. The van der Waals surface area contributed by atoms with E-state index < -0.39 is 0 Å².